The maximum absolute atomic E-state index is 15.0. The second-order valence-corrected chi connectivity index (χ2v) is 6.52. The van der Waals surface area contributed by atoms with Gasteiger partial charge in [-0.1, -0.05) is 19.1 Å². The molecule has 0 atom stereocenters. The molecule has 2 N–H and O–H groups in total. The lowest BCUT2D eigenvalue weighted by molar-refractivity contribution is 0.0983. The molecule has 0 aliphatic rings. The molecule has 0 bridgehead atoms. The Morgan fingerprint density at radius 3 is 2.64 bits per heavy atom. The van der Waals surface area contributed by atoms with Crippen LogP contribution in [-0.4, -0.2) is 25.5 Å². The Kier molecular flexibility index (Phi) is 4.35. The summed E-state index contributed by atoms with van der Waals surface area (Å²) in [5.74, 6) is -0.215. The molecule has 6 nitrogen and oxygen atoms in total. The first-order valence-electron chi connectivity index (χ1n) is 8.85. The zero-order chi connectivity index (χ0) is 19.8. The number of carbonyl (C=O) groups is 1. The number of anilines is 1. The number of benzene rings is 1. The quantitative estimate of drug-likeness (QED) is 0.545. The maximum Gasteiger partial charge on any atom is 0.180 e. The molecule has 0 unspecified atom stereocenters. The fraction of sp³-hybridized carbons (Fsp3) is 0.143. The highest BCUT2D eigenvalue weighted by Gasteiger charge is 2.16. The van der Waals surface area contributed by atoms with Gasteiger partial charge >= 0.3 is 0 Å². The zero-order valence-electron chi connectivity index (χ0n) is 15.5. The molecule has 140 valence electrons. The van der Waals surface area contributed by atoms with Crippen LogP contribution in [0.5, 0.6) is 0 Å². The third kappa shape index (κ3) is 3.00. The van der Waals surface area contributed by atoms with Crippen LogP contribution >= 0.6 is 0 Å². The summed E-state index contributed by atoms with van der Waals surface area (Å²) in [4.78, 5) is 20.7. The van der Waals surface area contributed by atoms with E-state index in [0.717, 1.165) is 11.1 Å². The number of hydrogen-bond acceptors (Lipinski definition) is 5. The highest BCUT2D eigenvalue weighted by molar-refractivity contribution is 6.02. The van der Waals surface area contributed by atoms with Crippen molar-refractivity contribution in [2.75, 3.05) is 5.73 Å². The molecule has 4 rings (SSSR count). The summed E-state index contributed by atoms with van der Waals surface area (Å²) in [7, 11) is 1.81. The molecular formula is C21H18FN5O. The van der Waals surface area contributed by atoms with Gasteiger partial charge in [0, 0.05) is 47.9 Å². The Labute approximate surface area is 160 Å². The first kappa shape index (κ1) is 17.8. The number of pyridine rings is 2. The second kappa shape index (κ2) is 6.84. The summed E-state index contributed by atoms with van der Waals surface area (Å²) in [5.41, 5.74) is 9.13. The number of aromatic nitrogens is 4. The summed E-state index contributed by atoms with van der Waals surface area (Å²) in [6.07, 6.45) is 5.33. The first-order valence-corrected chi connectivity index (χ1v) is 8.85. The summed E-state index contributed by atoms with van der Waals surface area (Å²) < 4.78 is 16.7. The molecule has 7 heteroatoms. The van der Waals surface area contributed by atoms with E-state index in [1.807, 2.05) is 12.3 Å². The zero-order valence-corrected chi connectivity index (χ0v) is 15.5. The van der Waals surface area contributed by atoms with Crippen LogP contribution in [0.15, 0.2) is 48.9 Å². The lowest BCUT2D eigenvalue weighted by atomic mass is 10.00. The molecule has 0 radical (unpaired) electrons. The minimum Gasteiger partial charge on any atom is -0.383 e. The number of nitrogens with two attached hydrogens (primary N) is 1. The number of halogens is 1. The van der Waals surface area contributed by atoms with Gasteiger partial charge < -0.3 is 5.73 Å². The van der Waals surface area contributed by atoms with Crippen LogP contribution in [0.4, 0.5) is 10.2 Å². The van der Waals surface area contributed by atoms with E-state index in [2.05, 4.69) is 15.1 Å². The number of rotatable bonds is 4. The second-order valence-electron chi connectivity index (χ2n) is 6.52. The van der Waals surface area contributed by atoms with E-state index in [1.54, 1.807) is 43.0 Å². The third-order valence-electron chi connectivity index (χ3n) is 4.66. The Bertz CT molecular complexity index is 1210. The first-order chi connectivity index (χ1) is 13.5. The molecule has 0 aliphatic heterocycles. The molecule has 28 heavy (non-hydrogen) atoms. The predicted octanol–water partition coefficient (Wildman–Crippen LogP) is 4.01. The van der Waals surface area contributed by atoms with Crippen LogP contribution in [0, 0.1) is 5.82 Å². The number of Topliss-reactive ketones (excluding diaryl/α,β-unsaturated/α-hetero) is 1. The van der Waals surface area contributed by atoms with E-state index in [-0.39, 0.29) is 11.6 Å². The third-order valence-corrected chi connectivity index (χ3v) is 4.66. The minimum absolute atomic E-state index is 0.0874. The number of nitrogens with zero attached hydrogens (tertiary/aromatic N) is 4. The Hall–Kier alpha value is -3.61. The van der Waals surface area contributed by atoms with E-state index in [4.69, 9.17) is 5.73 Å². The molecule has 3 aromatic heterocycles. The maximum atomic E-state index is 15.0. The van der Waals surface area contributed by atoms with Gasteiger partial charge in [-0.05, 0) is 23.8 Å². The lowest BCUT2D eigenvalue weighted by Gasteiger charge is -2.11. The summed E-state index contributed by atoms with van der Waals surface area (Å²) >= 11 is 0. The summed E-state index contributed by atoms with van der Waals surface area (Å²) in [5, 5.41) is 4.70. The van der Waals surface area contributed by atoms with Gasteiger partial charge in [-0.3, -0.25) is 9.48 Å². The van der Waals surface area contributed by atoms with Crippen molar-refractivity contribution >= 4 is 22.5 Å². The van der Waals surface area contributed by atoms with Gasteiger partial charge in [0.25, 0.3) is 0 Å². The van der Waals surface area contributed by atoms with Gasteiger partial charge in [-0.25, -0.2) is 14.4 Å². The molecule has 0 saturated carbocycles. The Morgan fingerprint density at radius 1 is 1.14 bits per heavy atom. The van der Waals surface area contributed by atoms with Crippen molar-refractivity contribution in [3.8, 4) is 22.3 Å². The van der Waals surface area contributed by atoms with Gasteiger partial charge in [0.1, 0.15) is 17.3 Å². The average Bonchev–Trinajstić information content (AvgIpc) is 3.14. The molecule has 1 aromatic carbocycles. The fourth-order valence-corrected chi connectivity index (χ4v) is 3.15. The number of carbonyl (C=O) groups excluding carboxylic acids is 1. The topological polar surface area (TPSA) is 86.7 Å². The number of fused-ring (bicyclic) bond motifs is 1. The number of hydrogen-bond donors (Lipinski definition) is 1. The van der Waals surface area contributed by atoms with Crippen LogP contribution in [-0.2, 0) is 7.05 Å². The van der Waals surface area contributed by atoms with E-state index in [0.29, 0.717) is 34.1 Å². The minimum atomic E-state index is -0.414. The van der Waals surface area contributed by atoms with Crippen LogP contribution < -0.4 is 5.73 Å². The van der Waals surface area contributed by atoms with Gasteiger partial charge in [-0.2, -0.15) is 5.10 Å². The van der Waals surface area contributed by atoms with E-state index >= 15 is 4.39 Å². The molecular weight excluding hydrogens is 357 g/mol. The smallest absolute Gasteiger partial charge is 0.180 e. The van der Waals surface area contributed by atoms with Crippen LogP contribution in [0.2, 0.25) is 0 Å². The summed E-state index contributed by atoms with van der Waals surface area (Å²) in [6, 6.07) is 8.28. The number of ketones is 1. The van der Waals surface area contributed by atoms with Crippen molar-refractivity contribution in [2.24, 2.45) is 7.05 Å². The van der Waals surface area contributed by atoms with E-state index in [1.165, 1.54) is 12.3 Å². The van der Waals surface area contributed by atoms with Crippen LogP contribution in [0.1, 0.15) is 23.8 Å². The van der Waals surface area contributed by atoms with Gasteiger partial charge in [0.15, 0.2) is 5.78 Å². The predicted molar refractivity (Wildman–Crippen MR) is 106 cm³/mol. The number of nitrogen functional groups attached to an aromatic ring is 1. The molecule has 0 fully saturated rings. The fourth-order valence-electron chi connectivity index (χ4n) is 3.15. The monoisotopic (exact) mass is 375 g/mol. The van der Waals surface area contributed by atoms with Crippen molar-refractivity contribution in [2.45, 2.75) is 13.3 Å². The van der Waals surface area contributed by atoms with E-state index in [9.17, 15) is 4.79 Å². The van der Waals surface area contributed by atoms with E-state index < -0.39 is 5.82 Å². The van der Waals surface area contributed by atoms with Crippen LogP contribution in [0.3, 0.4) is 0 Å². The molecule has 0 saturated heterocycles. The number of aryl methyl sites for hydroxylation is 1. The Balaban J connectivity index is 1.88. The van der Waals surface area contributed by atoms with Gasteiger partial charge in [0.2, 0.25) is 0 Å². The largest absolute Gasteiger partial charge is 0.383 e. The normalized spacial score (nSPS) is 11.1. The highest BCUT2D eigenvalue weighted by Crippen LogP contribution is 2.33. The van der Waals surface area contributed by atoms with Crippen molar-refractivity contribution in [3.05, 3.63) is 60.4 Å². The summed E-state index contributed by atoms with van der Waals surface area (Å²) in [6.45, 7) is 1.77. The lowest BCUT2D eigenvalue weighted by Crippen LogP contribution is -2.03. The molecule has 0 amide bonds. The SMILES string of the molecule is CCC(=O)c1ccc2c(N)ncc(-c3ccc(-c4cnn(C)c4)cc3F)c2n1. The molecule has 0 aliphatic carbocycles. The van der Waals surface area contributed by atoms with Crippen molar-refractivity contribution in [1.82, 2.24) is 19.7 Å². The highest BCUT2D eigenvalue weighted by atomic mass is 19.1. The van der Waals surface area contributed by atoms with Gasteiger partial charge in [-0.15, -0.1) is 0 Å². The Morgan fingerprint density at radius 2 is 1.96 bits per heavy atom. The molecule has 4 aromatic rings. The standard InChI is InChI=1S/C21H18FN5O/c1-3-19(28)18-7-6-15-20(26-18)16(10-24-21(15)23)14-5-4-12(8-17(14)22)13-9-25-27(2)11-13/h4-11H,3H2,1-2H3,(H2,23,24). The molecule has 3 heterocycles. The molecule has 0 spiro atoms. The van der Waals surface area contributed by atoms with Crippen molar-refractivity contribution < 1.29 is 9.18 Å². The van der Waals surface area contributed by atoms with Crippen molar-refractivity contribution in [3.63, 3.8) is 0 Å². The van der Waals surface area contributed by atoms with Gasteiger partial charge in [0.05, 0.1) is 11.7 Å². The van der Waals surface area contributed by atoms with Crippen molar-refractivity contribution in [1.29, 1.82) is 0 Å². The van der Waals surface area contributed by atoms with Crippen LogP contribution in [0.25, 0.3) is 33.2 Å². The average molecular weight is 375 g/mol.